The number of sulfone groups is 1. The fourth-order valence-corrected chi connectivity index (χ4v) is 2.78. The first-order valence-electron chi connectivity index (χ1n) is 5.71. The van der Waals surface area contributed by atoms with Gasteiger partial charge in [0.05, 0.1) is 6.54 Å². The lowest BCUT2D eigenvalue weighted by Gasteiger charge is -2.19. The van der Waals surface area contributed by atoms with Crippen LogP contribution in [0.1, 0.15) is 44.6 Å². The summed E-state index contributed by atoms with van der Waals surface area (Å²) < 4.78 is 22.4. The molecule has 0 saturated heterocycles. The zero-order valence-corrected chi connectivity index (χ0v) is 13.4. The highest BCUT2D eigenvalue weighted by atomic mass is 32.2. The second-order valence-corrected chi connectivity index (χ2v) is 9.51. The minimum absolute atomic E-state index is 0.00180. The lowest BCUT2D eigenvalue weighted by atomic mass is 10.1. The lowest BCUT2D eigenvalue weighted by Crippen LogP contribution is -2.35. The molecule has 0 radical (unpaired) electrons. The minimum Gasteiger partial charge on any atom is -0.306 e. The maximum Gasteiger partial charge on any atom is 0.159 e. The molecule has 1 heterocycles. The third-order valence-corrected chi connectivity index (χ3v) is 6.10. The molecule has 7 heteroatoms. The molecule has 5 nitrogen and oxygen atoms in total. The van der Waals surface area contributed by atoms with Crippen LogP contribution >= 0.6 is 11.3 Å². The molecule has 1 rings (SSSR count). The Morgan fingerprint density at radius 1 is 1.17 bits per heavy atom. The molecule has 0 amide bonds. The van der Waals surface area contributed by atoms with Crippen molar-refractivity contribution in [3.8, 4) is 0 Å². The molecule has 0 aliphatic heterocycles. The van der Waals surface area contributed by atoms with Crippen LogP contribution in [0.4, 0.5) is 0 Å². The molecule has 1 N–H and O–H groups in total. The van der Waals surface area contributed by atoms with Crippen molar-refractivity contribution < 1.29 is 8.42 Å². The van der Waals surface area contributed by atoms with Crippen molar-refractivity contribution in [2.75, 3.05) is 6.26 Å². The maximum atomic E-state index is 11.7. The summed E-state index contributed by atoms with van der Waals surface area (Å²) in [5, 5.41) is 12.7. The van der Waals surface area contributed by atoms with Gasteiger partial charge < -0.3 is 5.32 Å². The number of rotatable bonds is 4. The van der Waals surface area contributed by atoms with Crippen LogP contribution in [0.25, 0.3) is 0 Å². The van der Waals surface area contributed by atoms with Crippen molar-refractivity contribution in [1.82, 2.24) is 15.5 Å². The molecule has 0 bridgehead atoms. The van der Waals surface area contributed by atoms with E-state index in [9.17, 15) is 8.42 Å². The van der Waals surface area contributed by atoms with Gasteiger partial charge >= 0.3 is 0 Å². The Bertz CT molecular complexity index is 513. The Balaban J connectivity index is 2.88. The standard InChI is InChI=1S/C11H21N3O2S2/c1-10(2,3)12-7-8-13-14-9(17-8)11(4,5)18(6,15)16/h12H,7H2,1-6H3. The highest BCUT2D eigenvalue weighted by molar-refractivity contribution is 7.91. The molecule has 104 valence electrons. The van der Waals surface area contributed by atoms with Crippen LogP contribution in [0.2, 0.25) is 0 Å². The van der Waals surface area contributed by atoms with Crippen LogP contribution in [0.3, 0.4) is 0 Å². The summed E-state index contributed by atoms with van der Waals surface area (Å²) in [5.74, 6) is 0. The quantitative estimate of drug-likeness (QED) is 0.914. The summed E-state index contributed by atoms with van der Waals surface area (Å²) in [6, 6.07) is 0. The van der Waals surface area contributed by atoms with Crippen molar-refractivity contribution in [3.05, 3.63) is 10.0 Å². The summed E-state index contributed by atoms with van der Waals surface area (Å²) >= 11 is 1.34. The first-order chi connectivity index (χ1) is 7.93. The van der Waals surface area contributed by atoms with Crippen LogP contribution in [-0.4, -0.2) is 30.4 Å². The summed E-state index contributed by atoms with van der Waals surface area (Å²) in [4.78, 5) is 0. The van der Waals surface area contributed by atoms with Gasteiger partial charge in [0.25, 0.3) is 0 Å². The third kappa shape index (κ3) is 3.73. The summed E-state index contributed by atoms with van der Waals surface area (Å²) in [6.07, 6.45) is 1.22. The van der Waals surface area contributed by atoms with E-state index in [2.05, 4.69) is 36.3 Å². The first-order valence-corrected chi connectivity index (χ1v) is 8.42. The molecule has 0 atom stereocenters. The van der Waals surface area contributed by atoms with Gasteiger partial charge in [-0.15, -0.1) is 10.2 Å². The topological polar surface area (TPSA) is 72.0 Å². The molecule has 0 fully saturated rings. The normalized spacial score (nSPS) is 13.9. The Hall–Kier alpha value is -0.530. The second-order valence-electron chi connectivity index (χ2n) is 5.89. The molecule has 0 saturated carbocycles. The number of aromatic nitrogens is 2. The van der Waals surface area contributed by atoms with Crippen molar-refractivity contribution in [3.63, 3.8) is 0 Å². The van der Waals surface area contributed by atoms with Gasteiger partial charge in [0.1, 0.15) is 14.8 Å². The highest BCUT2D eigenvalue weighted by Gasteiger charge is 2.36. The highest BCUT2D eigenvalue weighted by Crippen LogP contribution is 2.31. The number of hydrogen-bond acceptors (Lipinski definition) is 6. The Kier molecular flexibility index (Phi) is 4.19. The van der Waals surface area contributed by atoms with E-state index in [1.807, 2.05) is 0 Å². The Labute approximate surface area is 113 Å². The predicted octanol–water partition coefficient (Wildman–Crippen LogP) is 1.71. The molecule has 1 aromatic heterocycles. The molecule has 1 aromatic rings. The van der Waals surface area contributed by atoms with E-state index in [4.69, 9.17) is 0 Å². The SMILES string of the molecule is CC(C)(C)NCc1nnc(C(C)(C)S(C)(=O)=O)s1. The van der Waals surface area contributed by atoms with Gasteiger partial charge in [-0.1, -0.05) is 11.3 Å². The molecule has 0 aromatic carbocycles. The predicted molar refractivity (Wildman–Crippen MR) is 74.4 cm³/mol. The monoisotopic (exact) mass is 291 g/mol. The molecule has 0 aliphatic rings. The van der Waals surface area contributed by atoms with Crippen LogP contribution in [0.5, 0.6) is 0 Å². The zero-order chi connectivity index (χ0) is 14.2. The zero-order valence-electron chi connectivity index (χ0n) is 11.7. The van der Waals surface area contributed by atoms with Crippen molar-refractivity contribution >= 4 is 21.2 Å². The fraction of sp³-hybridized carbons (Fsp3) is 0.818. The fourth-order valence-electron chi connectivity index (χ4n) is 1.07. The van der Waals surface area contributed by atoms with Gasteiger partial charge in [-0.3, -0.25) is 0 Å². The van der Waals surface area contributed by atoms with Gasteiger partial charge in [0, 0.05) is 11.8 Å². The molecular weight excluding hydrogens is 270 g/mol. The number of nitrogens with one attached hydrogen (secondary N) is 1. The summed E-state index contributed by atoms with van der Waals surface area (Å²) in [5.41, 5.74) is -0.00180. The van der Waals surface area contributed by atoms with E-state index >= 15 is 0 Å². The first kappa shape index (κ1) is 15.5. The van der Waals surface area contributed by atoms with E-state index in [1.54, 1.807) is 13.8 Å². The van der Waals surface area contributed by atoms with E-state index < -0.39 is 14.6 Å². The second kappa shape index (κ2) is 4.86. The van der Waals surface area contributed by atoms with E-state index in [0.717, 1.165) is 5.01 Å². The molecule has 0 aliphatic carbocycles. The average molecular weight is 291 g/mol. The maximum absolute atomic E-state index is 11.7. The van der Waals surface area contributed by atoms with Crippen LogP contribution < -0.4 is 5.32 Å². The van der Waals surface area contributed by atoms with Gasteiger partial charge in [-0.25, -0.2) is 8.42 Å². The van der Waals surface area contributed by atoms with Gasteiger partial charge in [-0.05, 0) is 34.6 Å². The van der Waals surface area contributed by atoms with Crippen LogP contribution in [-0.2, 0) is 21.1 Å². The Morgan fingerprint density at radius 2 is 1.72 bits per heavy atom. The summed E-state index contributed by atoms with van der Waals surface area (Å²) in [7, 11) is -3.20. The Morgan fingerprint density at radius 3 is 2.17 bits per heavy atom. The van der Waals surface area contributed by atoms with Gasteiger partial charge in [-0.2, -0.15) is 0 Å². The van der Waals surface area contributed by atoms with Crippen molar-refractivity contribution in [1.29, 1.82) is 0 Å². The molecule has 0 unspecified atom stereocenters. The van der Waals surface area contributed by atoms with Crippen LogP contribution in [0.15, 0.2) is 0 Å². The molecular formula is C11H21N3O2S2. The van der Waals surface area contributed by atoms with Crippen molar-refractivity contribution in [2.45, 2.75) is 51.4 Å². The van der Waals surface area contributed by atoms with E-state index in [0.29, 0.717) is 11.6 Å². The molecule has 18 heavy (non-hydrogen) atoms. The summed E-state index contributed by atoms with van der Waals surface area (Å²) in [6.45, 7) is 10.1. The lowest BCUT2D eigenvalue weighted by molar-refractivity contribution is 0.423. The average Bonchev–Trinajstić information content (AvgIpc) is 2.60. The molecule has 0 spiro atoms. The largest absolute Gasteiger partial charge is 0.306 e. The van der Waals surface area contributed by atoms with Crippen molar-refractivity contribution in [2.24, 2.45) is 0 Å². The van der Waals surface area contributed by atoms with Gasteiger partial charge in [0.15, 0.2) is 9.84 Å². The number of nitrogens with zero attached hydrogens (tertiary/aromatic N) is 2. The van der Waals surface area contributed by atoms with Gasteiger partial charge in [0.2, 0.25) is 0 Å². The van der Waals surface area contributed by atoms with E-state index in [-0.39, 0.29) is 5.54 Å². The van der Waals surface area contributed by atoms with Crippen LogP contribution in [0, 0.1) is 0 Å². The third-order valence-electron chi connectivity index (χ3n) is 2.68. The minimum atomic E-state index is -3.20. The van der Waals surface area contributed by atoms with E-state index in [1.165, 1.54) is 17.6 Å². The number of hydrogen-bond donors (Lipinski definition) is 1. The smallest absolute Gasteiger partial charge is 0.159 e.